The van der Waals surface area contributed by atoms with Crippen LogP contribution in [0, 0.1) is 6.92 Å². The number of hydrazone groups is 1. The number of hydrogen-bond donors (Lipinski definition) is 1. The van der Waals surface area contributed by atoms with E-state index in [1.807, 2.05) is 31.2 Å². The molecule has 2 aromatic carbocycles. The van der Waals surface area contributed by atoms with Crippen molar-refractivity contribution in [2.75, 3.05) is 0 Å². The van der Waals surface area contributed by atoms with Crippen LogP contribution in [0.25, 0.3) is 0 Å². The number of benzene rings is 2. The third-order valence-corrected chi connectivity index (χ3v) is 4.62. The van der Waals surface area contributed by atoms with Gasteiger partial charge in [0.2, 0.25) is 0 Å². The monoisotopic (exact) mass is 366 g/mol. The summed E-state index contributed by atoms with van der Waals surface area (Å²) in [5, 5.41) is 3.96. The van der Waals surface area contributed by atoms with Gasteiger partial charge < -0.3 is 0 Å². The van der Waals surface area contributed by atoms with Gasteiger partial charge >= 0.3 is 0 Å². The molecule has 0 amide bonds. The molecule has 0 aliphatic rings. The maximum absolute atomic E-state index is 12.1. The Bertz CT molecular complexity index is 769. The van der Waals surface area contributed by atoms with Gasteiger partial charge in [0, 0.05) is 4.47 Å². The topological polar surface area (TPSA) is 58.5 Å². The molecule has 0 bridgehead atoms. The highest BCUT2D eigenvalue weighted by molar-refractivity contribution is 9.10. The standard InChI is InChI=1S/C15H15BrN2O2S/c1-11-6-8-15(9-7-11)21(19,20)18-17-12(2)13-4-3-5-14(16)10-13/h3-10,18H,1-2H3/b17-12+. The molecule has 2 aromatic rings. The second-order valence-electron chi connectivity index (χ2n) is 4.62. The fourth-order valence-corrected chi connectivity index (χ4v) is 2.93. The molecule has 0 aliphatic heterocycles. The molecule has 0 spiro atoms. The van der Waals surface area contributed by atoms with Crippen molar-refractivity contribution in [2.24, 2.45) is 5.10 Å². The lowest BCUT2D eigenvalue weighted by Crippen LogP contribution is -2.19. The van der Waals surface area contributed by atoms with Crippen LogP contribution >= 0.6 is 15.9 Å². The number of rotatable bonds is 4. The van der Waals surface area contributed by atoms with Crippen LogP contribution in [-0.4, -0.2) is 14.1 Å². The van der Waals surface area contributed by atoms with Gasteiger partial charge in [0.25, 0.3) is 10.0 Å². The molecule has 6 heteroatoms. The van der Waals surface area contributed by atoms with Gasteiger partial charge in [0.1, 0.15) is 0 Å². The average Bonchev–Trinajstić information content (AvgIpc) is 2.45. The largest absolute Gasteiger partial charge is 0.276 e. The first kappa shape index (κ1) is 15.7. The molecule has 0 unspecified atom stereocenters. The normalized spacial score (nSPS) is 12.2. The zero-order chi connectivity index (χ0) is 15.5. The highest BCUT2D eigenvalue weighted by Crippen LogP contribution is 2.13. The minimum Gasteiger partial charge on any atom is -0.200 e. The zero-order valence-corrected chi connectivity index (χ0v) is 14.1. The number of nitrogens with zero attached hydrogens (tertiary/aromatic N) is 1. The Kier molecular flexibility index (Phi) is 4.80. The van der Waals surface area contributed by atoms with E-state index in [2.05, 4.69) is 25.9 Å². The molecule has 0 saturated carbocycles. The molecular weight excluding hydrogens is 352 g/mol. The number of nitrogens with one attached hydrogen (secondary N) is 1. The summed E-state index contributed by atoms with van der Waals surface area (Å²) in [6, 6.07) is 14.1. The Labute approximate surface area is 133 Å². The second-order valence-corrected chi connectivity index (χ2v) is 7.19. The summed E-state index contributed by atoms with van der Waals surface area (Å²) in [6.45, 7) is 3.65. The second kappa shape index (κ2) is 6.41. The minimum absolute atomic E-state index is 0.193. The molecule has 2 rings (SSSR count). The third-order valence-electron chi connectivity index (χ3n) is 2.91. The summed E-state index contributed by atoms with van der Waals surface area (Å²) in [4.78, 5) is 2.45. The van der Waals surface area contributed by atoms with Crippen molar-refractivity contribution >= 4 is 31.7 Å². The van der Waals surface area contributed by atoms with Crippen LogP contribution in [0.4, 0.5) is 0 Å². The van der Waals surface area contributed by atoms with Crippen LogP contribution in [0.2, 0.25) is 0 Å². The first-order valence-corrected chi connectivity index (χ1v) is 8.55. The van der Waals surface area contributed by atoms with Gasteiger partial charge in [-0.1, -0.05) is 45.8 Å². The van der Waals surface area contributed by atoms with Crippen LogP contribution in [0.1, 0.15) is 18.1 Å². The maximum Gasteiger partial charge on any atom is 0.276 e. The van der Waals surface area contributed by atoms with Crippen molar-refractivity contribution in [3.05, 3.63) is 64.1 Å². The van der Waals surface area contributed by atoms with E-state index in [1.165, 1.54) is 0 Å². The van der Waals surface area contributed by atoms with Crippen LogP contribution in [0.5, 0.6) is 0 Å². The molecule has 0 fully saturated rings. The van der Waals surface area contributed by atoms with E-state index >= 15 is 0 Å². The van der Waals surface area contributed by atoms with Crippen molar-refractivity contribution in [3.8, 4) is 0 Å². The van der Waals surface area contributed by atoms with Crippen molar-refractivity contribution < 1.29 is 8.42 Å². The van der Waals surface area contributed by atoms with E-state index in [1.54, 1.807) is 31.2 Å². The predicted octanol–water partition coefficient (Wildman–Crippen LogP) is 3.46. The highest BCUT2D eigenvalue weighted by atomic mass is 79.9. The van der Waals surface area contributed by atoms with E-state index < -0.39 is 10.0 Å². The van der Waals surface area contributed by atoms with Gasteiger partial charge in [-0.15, -0.1) is 0 Å². The quantitative estimate of drug-likeness (QED) is 0.665. The summed E-state index contributed by atoms with van der Waals surface area (Å²) in [6.07, 6.45) is 0. The number of aryl methyl sites for hydroxylation is 1. The Morgan fingerprint density at radius 3 is 2.43 bits per heavy atom. The van der Waals surface area contributed by atoms with Crippen molar-refractivity contribution in [1.29, 1.82) is 0 Å². The number of sulfonamides is 1. The summed E-state index contributed by atoms with van der Waals surface area (Å²) in [7, 11) is -3.64. The fourth-order valence-electron chi connectivity index (χ4n) is 1.68. The molecule has 0 heterocycles. The summed E-state index contributed by atoms with van der Waals surface area (Å²) < 4.78 is 25.2. The van der Waals surface area contributed by atoms with Crippen molar-refractivity contribution in [1.82, 2.24) is 4.83 Å². The summed E-state index contributed by atoms with van der Waals surface area (Å²) in [5.74, 6) is 0. The Morgan fingerprint density at radius 1 is 1.14 bits per heavy atom. The molecule has 4 nitrogen and oxygen atoms in total. The number of hydrogen-bond acceptors (Lipinski definition) is 3. The first-order chi connectivity index (χ1) is 9.88. The SMILES string of the molecule is C/C(=N\NS(=O)(=O)c1ccc(C)cc1)c1cccc(Br)c1. The highest BCUT2D eigenvalue weighted by Gasteiger charge is 2.12. The molecule has 0 aliphatic carbocycles. The van der Waals surface area contributed by atoms with Gasteiger partial charge in [0.15, 0.2) is 0 Å². The molecule has 21 heavy (non-hydrogen) atoms. The van der Waals surface area contributed by atoms with Gasteiger partial charge in [-0.3, -0.25) is 0 Å². The molecule has 110 valence electrons. The summed E-state index contributed by atoms with van der Waals surface area (Å²) >= 11 is 3.37. The lowest BCUT2D eigenvalue weighted by molar-refractivity contribution is 0.584. The Balaban J connectivity index is 2.21. The Morgan fingerprint density at radius 2 is 1.81 bits per heavy atom. The molecule has 0 radical (unpaired) electrons. The molecular formula is C15H15BrN2O2S. The first-order valence-electron chi connectivity index (χ1n) is 6.27. The molecule has 0 aromatic heterocycles. The van der Waals surface area contributed by atoms with Gasteiger partial charge in [-0.05, 0) is 43.7 Å². The van der Waals surface area contributed by atoms with E-state index in [9.17, 15) is 8.42 Å². The number of halogens is 1. The third kappa shape index (κ3) is 4.15. The van der Waals surface area contributed by atoms with Crippen LogP contribution < -0.4 is 4.83 Å². The maximum atomic E-state index is 12.1. The summed E-state index contributed by atoms with van der Waals surface area (Å²) in [5.41, 5.74) is 2.44. The van der Waals surface area contributed by atoms with Crippen LogP contribution in [0.3, 0.4) is 0 Å². The van der Waals surface area contributed by atoms with Gasteiger partial charge in [0.05, 0.1) is 10.6 Å². The van der Waals surface area contributed by atoms with E-state index in [0.717, 1.165) is 15.6 Å². The zero-order valence-electron chi connectivity index (χ0n) is 11.7. The molecule has 1 N–H and O–H groups in total. The lowest BCUT2D eigenvalue weighted by atomic mass is 10.1. The van der Waals surface area contributed by atoms with Gasteiger partial charge in [-0.25, -0.2) is 0 Å². The lowest BCUT2D eigenvalue weighted by Gasteiger charge is -2.06. The van der Waals surface area contributed by atoms with Crippen molar-refractivity contribution in [2.45, 2.75) is 18.7 Å². The fraction of sp³-hybridized carbons (Fsp3) is 0.133. The minimum atomic E-state index is -3.64. The average molecular weight is 367 g/mol. The molecule has 0 atom stereocenters. The smallest absolute Gasteiger partial charge is 0.200 e. The van der Waals surface area contributed by atoms with Crippen LogP contribution in [0.15, 0.2) is 63.0 Å². The van der Waals surface area contributed by atoms with E-state index in [-0.39, 0.29) is 4.90 Å². The van der Waals surface area contributed by atoms with Crippen LogP contribution in [-0.2, 0) is 10.0 Å². The predicted molar refractivity (Wildman–Crippen MR) is 87.9 cm³/mol. The van der Waals surface area contributed by atoms with Gasteiger partial charge in [-0.2, -0.15) is 18.4 Å². The van der Waals surface area contributed by atoms with Crippen molar-refractivity contribution in [3.63, 3.8) is 0 Å². The van der Waals surface area contributed by atoms with E-state index in [0.29, 0.717) is 5.71 Å². The van der Waals surface area contributed by atoms with E-state index in [4.69, 9.17) is 0 Å². The molecule has 0 saturated heterocycles. The Hall–Kier alpha value is -1.66.